The summed E-state index contributed by atoms with van der Waals surface area (Å²) in [5.74, 6) is 0. The minimum absolute atomic E-state index is 1.31. The Kier molecular flexibility index (Phi) is 11.1. The third kappa shape index (κ3) is 10.1. The predicted molar refractivity (Wildman–Crippen MR) is 59.0 cm³/mol. The van der Waals surface area contributed by atoms with Crippen LogP contribution in [-0.4, -0.2) is 7.28 Å². The molecule has 0 aliphatic rings. The van der Waals surface area contributed by atoms with Gasteiger partial charge < -0.3 is 0 Å². The van der Waals surface area contributed by atoms with Gasteiger partial charge in [-0.1, -0.05) is 71.4 Å². The molecule has 0 aromatic heterocycles. The van der Waals surface area contributed by atoms with Gasteiger partial charge in [0.1, 0.15) is 7.28 Å². The second-order valence-electron chi connectivity index (χ2n) is 3.67. The van der Waals surface area contributed by atoms with E-state index in [9.17, 15) is 0 Å². The molecular formula is C11H24B. The van der Waals surface area contributed by atoms with Crippen LogP contribution >= 0.6 is 0 Å². The Hall–Kier alpha value is 0.0649. The van der Waals surface area contributed by atoms with Gasteiger partial charge in [0.25, 0.3) is 0 Å². The zero-order chi connectivity index (χ0) is 9.07. The maximum absolute atomic E-state index is 2.27. The molecule has 0 aromatic carbocycles. The van der Waals surface area contributed by atoms with Gasteiger partial charge in [-0.05, 0) is 0 Å². The Morgan fingerprint density at radius 2 is 1.25 bits per heavy atom. The fraction of sp³-hybridized carbons (Fsp3) is 1.00. The van der Waals surface area contributed by atoms with E-state index in [1.165, 1.54) is 57.7 Å². The van der Waals surface area contributed by atoms with Crippen molar-refractivity contribution in [1.82, 2.24) is 0 Å². The molecule has 0 bridgehead atoms. The molecule has 0 aromatic rings. The summed E-state index contributed by atoms with van der Waals surface area (Å²) in [4.78, 5) is 0. The average Bonchev–Trinajstić information content (AvgIpc) is 2.10. The SMILES string of the molecule is C[B]CCCCCCCCCC. The van der Waals surface area contributed by atoms with Crippen LogP contribution in [-0.2, 0) is 0 Å². The van der Waals surface area contributed by atoms with Crippen molar-refractivity contribution in [3.8, 4) is 0 Å². The molecule has 71 valence electrons. The first kappa shape index (κ1) is 12.1. The van der Waals surface area contributed by atoms with Gasteiger partial charge in [-0.3, -0.25) is 0 Å². The summed E-state index contributed by atoms with van der Waals surface area (Å²) >= 11 is 0. The first-order valence-corrected chi connectivity index (χ1v) is 5.69. The Labute approximate surface area is 79.4 Å². The van der Waals surface area contributed by atoms with Crippen molar-refractivity contribution in [2.24, 2.45) is 0 Å². The highest BCUT2D eigenvalue weighted by molar-refractivity contribution is 6.33. The van der Waals surface area contributed by atoms with E-state index in [2.05, 4.69) is 21.0 Å². The fourth-order valence-electron chi connectivity index (χ4n) is 1.48. The molecule has 0 saturated carbocycles. The van der Waals surface area contributed by atoms with Gasteiger partial charge in [-0.15, -0.1) is 0 Å². The maximum atomic E-state index is 2.27. The Bertz CT molecular complexity index is 61.4. The van der Waals surface area contributed by atoms with Gasteiger partial charge >= 0.3 is 0 Å². The molecular weight excluding hydrogens is 143 g/mol. The summed E-state index contributed by atoms with van der Waals surface area (Å²) in [7, 11) is 2.27. The second kappa shape index (κ2) is 11.1. The molecule has 0 atom stereocenters. The van der Waals surface area contributed by atoms with Crippen LogP contribution in [0.2, 0.25) is 13.1 Å². The molecule has 0 heterocycles. The third-order valence-corrected chi connectivity index (χ3v) is 2.35. The van der Waals surface area contributed by atoms with E-state index in [4.69, 9.17) is 0 Å². The second-order valence-corrected chi connectivity index (χ2v) is 3.67. The molecule has 0 saturated heterocycles. The molecule has 0 amide bonds. The molecule has 0 aliphatic heterocycles. The fourth-order valence-corrected chi connectivity index (χ4v) is 1.48. The highest BCUT2D eigenvalue weighted by Crippen LogP contribution is 2.09. The highest BCUT2D eigenvalue weighted by atomic mass is 13.9. The van der Waals surface area contributed by atoms with E-state index in [0.717, 1.165) is 0 Å². The summed E-state index contributed by atoms with van der Waals surface area (Å²) in [6.07, 6.45) is 12.8. The van der Waals surface area contributed by atoms with Crippen LogP contribution in [0.3, 0.4) is 0 Å². The lowest BCUT2D eigenvalue weighted by Gasteiger charge is -1.99. The lowest BCUT2D eigenvalue weighted by Crippen LogP contribution is -1.83. The summed E-state index contributed by atoms with van der Waals surface area (Å²) in [5.41, 5.74) is 0. The van der Waals surface area contributed by atoms with Crippen molar-refractivity contribution in [3.05, 3.63) is 0 Å². The lowest BCUT2D eigenvalue weighted by atomic mass is 9.76. The van der Waals surface area contributed by atoms with Crippen molar-refractivity contribution in [2.75, 3.05) is 0 Å². The summed E-state index contributed by atoms with van der Waals surface area (Å²) < 4.78 is 0. The summed E-state index contributed by atoms with van der Waals surface area (Å²) in [6.45, 7) is 4.43. The van der Waals surface area contributed by atoms with Crippen LogP contribution in [0, 0.1) is 0 Å². The van der Waals surface area contributed by atoms with Crippen molar-refractivity contribution in [1.29, 1.82) is 0 Å². The van der Waals surface area contributed by atoms with E-state index >= 15 is 0 Å². The lowest BCUT2D eigenvalue weighted by molar-refractivity contribution is 0.585. The Morgan fingerprint density at radius 1 is 0.750 bits per heavy atom. The topological polar surface area (TPSA) is 0 Å². The average molecular weight is 167 g/mol. The van der Waals surface area contributed by atoms with Crippen LogP contribution in [0.5, 0.6) is 0 Å². The van der Waals surface area contributed by atoms with Crippen molar-refractivity contribution in [3.63, 3.8) is 0 Å². The first-order chi connectivity index (χ1) is 5.91. The number of rotatable bonds is 9. The van der Waals surface area contributed by atoms with E-state index in [0.29, 0.717) is 0 Å². The minimum Gasteiger partial charge on any atom is -0.0920 e. The van der Waals surface area contributed by atoms with Crippen LogP contribution in [0.15, 0.2) is 0 Å². The van der Waals surface area contributed by atoms with Crippen LogP contribution in [0.25, 0.3) is 0 Å². The number of hydrogen-bond donors (Lipinski definition) is 0. The Morgan fingerprint density at radius 3 is 1.75 bits per heavy atom. The Balaban J connectivity index is 2.73. The van der Waals surface area contributed by atoms with Gasteiger partial charge in [0.15, 0.2) is 0 Å². The van der Waals surface area contributed by atoms with Gasteiger partial charge in [0.2, 0.25) is 0 Å². The zero-order valence-corrected chi connectivity index (χ0v) is 8.94. The normalized spacial score (nSPS) is 10.2. The zero-order valence-electron chi connectivity index (χ0n) is 8.94. The first-order valence-electron chi connectivity index (χ1n) is 5.69. The molecule has 12 heavy (non-hydrogen) atoms. The van der Waals surface area contributed by atoms with Gasteiger partial charge in [0, 0.05) is 0 Å². The standard InChI is InChI=1S/C11H24B/c1-3-4-5-6-7-8-9-10-11-12-2/h3-11H2,1-2H3. The van der Waals surface area contributed by atoms with Crippen molar-refractivity contribution >= 4 is 7.28 Å². The number of hydrogen-bond acceptors (Lipinski definition) is 0. The molecule has 0 fully saturated rings. The molecule has 1 radical (unpaired) electrons. The van der Waals surface area contributed by atoms with E-state index in [1.807, 2.05) is 0 Å². The third-order valence-electron chi connectivity index (χ3n) is 2.35. The summed E-state index contributed by atoms with van der Waals surface area (Å²) in [6, 6.07) is 0. The molecule has 0 unspecified atom stereocenters. The van der Waals surface area contributed by atoms with E-state index in [1.54, 1.807) is 0 Å². The van der Waals surface area contributed by atoms with Crippen molar-refractivity contribution in [2.45, 2.75) is 71.4 Å². The minimum atomic E-state index is 1.31. The van der Waals surface area contributed by atoms with E-state index < -0.39 is 0 Å². The predicted octanol–water partition coefficient (Wildman–Crippen LogP) is 4.30. The molecule has 0 rings (SSSR count). The molecule has 0 nitrogen and oxygen atoms in total. The van der Waals surface area contributed by atoms with Crippen LogP contribution in [0.1, 0.15) is 58.3 Å². The highest BCUT2D eigenvalue weighted by Gasteiger charge is 1.90. The smallest absolute Gasteiger partial charge is 0.0920 e. The maximum Gasteiger partial charge on any atom is 0.105 e. The monoisotopic (exact) mass is 167 g/mol. The molecule has 0 spiro atoms. The molecule has 0 aliphatic carbocycles. The van der Waals surface area contributed by atoms with Gasteiger partial charge in [-0.25, -0.2) is 0 Å². The number of unbranched alkanes of at least 4 members (excludes halogenated alkanes) is 7. The van der Waals surface area contributed by atoms with Gasteiger partial charge in [0.05, 0.1) is 0 Å². The van der Waals surface area contributed by atoms with Gasteiger partial charge in [-0.2, -0.15) is 0 Å². The molecule has 0 N–H and O–H groups in total. The quantitative estimate of drug-likeness (QED) is 0.354. The summed E-state index contributed by atoms with van der Waals surface area (Å²) in [5, 5.41) is 0. The van der Waals surface area contributed by atoms with Crippen LogP contribution < -0.4 is 0 Å². The largest absolute Gasteiger partial charge is 0.105 e. The molecule has 1 heteroatoms. The van der Waals surface area contributed by atoms with E-state index in [-0.39, 0.29) is 0 Å². The van der Waals surface area contributed by atoms with Crippen molar-refractivity contribution < 1.29 is 0 Å². The van der Waals surface area contributed by atoms with Crippen LogP contribution in [0.4, 0.5) is 0 Å².